The second-order valence-electron chi connectivity index (χ2n) is 9.13. The molecule has 4 heterocycles. The summed E-state index contributed by atoms with van der Waals surface area (Å²) >= 11 is 0. The monoisotopic (exact) mass is 433 g/mol. The van der Waals surface area contributed by atoms with Crippen molar-refractivity contribution in [3.05, 3.63) is 47.9 Å². The Morgan fingerprint density at radius 2 is 2.06 bits per heavy atom. The molecule has 2 aliphatic heterocycles. The number of carbonyl (C=O) groups excluding carboxylic acids is 1. The number of fused-ring (bicyclic) bond motifs is 1. The molecule has 0 aliphatic carbocycles. The predicted molar refractivity (Wildman–Crippen MR) is 124 cm³/mol. The number of likely N-dealkylation sites (tertiary alicyclic amines) is 1. The van der Waals surface area contributed by atoms with Crippen LogP contribution < -0.4 is 5.32 Å². The van der Waals surface area contributed by atoms with E-state index in [1.807, 2.05) is 31.5 Å². The van der Waals surface area contributed by atoms with Crippen molar-refractivity contribution in [3.8, 4) is 11.1 Å². The molecule has 0 radical (unpaired) electrons. The normalized spacial score (nSPS) is 22.2. The first-order valence-corrected chi connectivity index (χ1v) is 11.7. The summed E-state index contributed by atoms with van der Waals surface area (Å²) in [4.78, 5) is 20.0. The first-order chi connectivity index (χ1) is 15.7. The molecule has 0 bridgehead atoms. The number of nitrogens with one attached hydrogen (secondary N) is 2. The van der Waals surface area contributed by atoms with Gasteiger partial charge in [-0.3, -0.25) is 19.8 Å². The highest BCUT2D eigenvalue weighted by Gasteiger charge is 2.23. The van der Waals surface area contributed by atoms with Crippen LogP contribution in [0.1, 0.15) is 55.1 Å². The van der Waals surface area contributed by atoms with Gasteiger partial charge >= 0.3 is 0 Å². The van der Waals surface area contributed by atoms with E-state index in [2.05, 4.69) is 37.5 Å². The zero-order valence-corrected chi connectivity index (χ0v) is 18.6. The zero-order valence-electron chi connectivity index (χ0n) is 18.6. The molecular formula is C25H31N5O2. The van der Waals surface area contributed by atoms with Crippen molar-refractivity contribution in [3.63, 3.8) is 0 Å². The third-order valence-corrected chi connectivity index (χ3v) is 6.58. The molecule has 32 heavy (non-hydrogen) atoms. The summed E-state index contributed by atoms with van der Waals surface area (Å²) in [5, 5.41) is 11.3. The van der Waals surface area contributed by atoms with Crippen LogP contribution in [0.15, 0.2) is 36.7 Å². The number of hydrogen-bond acceptors (Lipinski definition) is 5. The van der Waals surface area contributed by atoms with Gasteiger partial charge in [0.2, 0.25) is 0 Å². The first kappa shape index (κ1) is 21.1. The highest BCUT2D eigenvalue weighted by molar-refractivity contribution is 6.05. The summed E-state index contributed by atoms with van der Waals surface area (Å²) < 4.78 is 5.59. The smallest absolute Gasteiger partial charge is 0.272 e. The molecule has 2 fully saturated rings. The van der Waals surface area contributed by atoms with Crippen LogP contribution in [-0.2, 0) is 11.3 Å². The Bertz CT molecular complexity index is 1090. The number of H-pyrrole nitrogens is 1. The Labute approximate surface area is 188 Å². The minimum Gasteiger partial charge on any atom is -0.378 e. The molecule has 5 rings (SSSR count). The minimum absolute atomic E-state index is 0.122. The zero-order chi connectivity index (χ0) is 21.9. The van der Waals surface area contributed by atoms with Gasteiger partial charge in [0.25, 0.3) is 5.91 Å². The Hall–Kier alpha value is -2.77. The van der Waals surface area contributed by atoms with E-state index in [-0.39, 0.29) is 18.1 Å². The number of rotatable bonds is 5. The first-order valence-electron chi connectivity index (χ1n) is 11.7. The average Bonchev–Trinajstić information content (AvgIpc) is 3.23. The van der Waals surface area contributed by atoms with Gasteiger partial charge in [0.05, 0.1) is 11.6 Å². The van der Waals surface area contributed by atoms with Crippen molar-refractivity contribution < 1.29 is 9.53 Å². The number of amides is 1. The average molecular weight is 434 g/mol. The van der Waals surface area contributed by atoms with Gasteiger partial charge in [-0.25, -0.2) is 0 Å². The van der Waals surface area contributed by atoms with E-state index in [9.17, 15) is 4.79 Å². The van der Waals surface area contributed by atoms with Gasteiger partial charge in [0.15, 0.2) is 5.69 Å². The van der Waals surface area contributed by atoms with E-state index in [1.165, 1.54) is 24.8 Å². The fourth-order valence-electron chi connectivity index (χ4n) is 4.86. The third kappa shape index (κ3) is 4.69. The second-order valence-corrected chi connectivity index (χ2v) is 9.13. The largest absolute Gasteiger partial charge is 0.378 e. The second kappa shape index (κ2) is 9.38. The summed E-state index contributed by atoms with van der Waals surface area (Å²) in [5.41, 5.74) is 4.63. The van der Waals surface area contributed by atoms with Crippen molar-refractivity contribution in [1.82, 2.24) is 25.4 Å². The highest BCUT2D eigenvalue weighted by Crippen LogP contribution is 2.26. The molecule has 7 nitrogen and oxygen atoms in total. The topological polar surface area (TPSA) is 83.1 Å². The minimum atomic E-state index is -0.135. The van der Waals surface area contributed by atoms with Gasteiger partial charge in [-0.05, 0) is 75.0 Å². The number of ether oxygens (including phenoxy) is 1. The lowest BCUT2D eigenvalue weighted by Gasteiger charge is -2.27. The Morgan fingerprint density at radius 1 is 1.19 bits per heavy atom. The van der Waals surface area contributed by atoms with Gasteiger partial charge < -0.3 is 10.1 Å². The highest BCUT2D eigenvalue weighted by atomic mass is 16.5. The summed E-state index contributed by atoms with van der Waals surface area (Å²) in [5.74, 6) is -0.135. The van der Waals surface area contributed by atoms with E-state index in [0.717, 1.165) is 54.5 Å². The molecule has 2 aromatic heterocycles. The van der Waals surface area contributed by atoms with Crippen molar-refractivity contribution in [2.75, 3.05) is 19.7 Å². The van der Waals surface area contributed by atoms with E-state index in [4.69, 9.17) is 4.74 Å². The lowest BCUT2D eigenvalue weighted by Crippen LogP contribution is -2.41. The number of carbonyl (C=O) groups is 1. The van der Waals surface area contributed by atoms with Crippen LogP contribution in [0.4, 0.5) is 0 Å². The molecule has 1 amide bonds. The van der Waals surface area contributed by atoms with Gasteiger partial charge in [0, 0.05) is 42.5 Å². The number of aromatic nitrogens is 3. The predicted octanol–water partition coefficient (Wildman–Crippen LogP) is 3.91. The molecule has 7 heteroatoms. The lowest BCUT2D eigenvalue weighted by atomic mass is 10.0. The SMILES string of the molecule is CC1CC(NC(=O)c2n[nH]c3ccc(-c4cncc(CN5CCCCC5)c4)cc23)CCO1. The summed E-state index contributed by atoms with van der Waals surface area (Å²) in [6.07, 6.45) is 9.58. The quantitative estimate of drug-likeness (QED) is 0.637. The Morgan fingerprint density at radius 3 is 2.91 bits per heavy atom. The summed E-state index contributed by atoms with van der Waals surface area (Å²) in [6, 6.07) is 8.43. The lowest BCUT2D eigenvalue weighted by molar-refractivity contribution is 0.0136. The fraction of sp³-hybridized carbons (Fsp3) is 0.480. The van der Waals surface area contributed by atoms with Gasteiger partial charge in [-0.15, -0.1) is 0 Å². The van der Waals surface area contributed by atoms with Gasteiger partial charge in [-0.2, -0.15) is 5.10 Å². The number of piperidine rings is 1. The van der Waals surface area contributed by atoms with Crippen molar-refractivity contribution in [2.45, 2.75) is 57.7 Å². The van der Waals surface area contributed by atoms with Crippen LogP contribution in [0.2, 0.25) is 0 Å². The molecule has 0 spiro atoms. The van der Waals surface area contributed by atoms with E-state index in [1.54, 1.807) is 0 Å². The molecule has 2 N–H and O–H groups in total. The van der Waals surface area contributed by atoms with Gasteiger partial charge in [-0.1, -0.05) is 12.5 Å². The standard InChI is InChI=1S/C25H31N5O2/c1-17-11-21(7-10-32-17)27-25(31)24-22-13-19(5-6-23(22)28-29-24)20-12-18(14-26-15-20)16-30-8-3-2-4-9-30/h5-6,12-15,17,21H,2-4,7-11,16H2,1H3,(H,27,31)(H,28,29). The van der Waals surface area contributed by atoms with E-state index >= 15 is 0 Å². The molecule has 3 aromatic rings. The number of benzene rings is 1. The molecule has 2 atom stereocenters. The Kier molecular flexibility index (Phi) is 6.19. The van der Waals surface area contributed by atoms with Crippen molar-refractivity contribution >= 4 is 16.8 Å². The van der Waals surface area contributed by atoms with Crippen LogP contribution in [0.25, 0.3) is 22.0 Å². The van der Waals surface area contributed by atoms with E-state index in [0.29, 0.717) is 12.3 Å². The molecule has 2 saturated heterocycles. The summed E-state index contributed by atoms with van der Waals surface area (Å²) in [7, 11) is 0. The van der Waals surface area contributed by atoms with Gasteiger partial charge in [0.1, 0.15) is 0 Å². The van der Waals surface area contributed by atoms with Crippen molar-refractivity contribution in [1.29, 1.82) is 0 Å². The molecule has 0 saturated carbocycles. The van der Waals surface area contributed by atoms with Crippen LogP contribution in [0, 0.1) is 0 Å². The van der Waals surface area contributed by atoms with Crippen LogP contribution in [0.3, 0.4) is 0 Å². The van der Waals surface area contributed by atoms with E-state index < -0.39 is 0 Å². The number of hydrogen-bond donors (Lipinski definition) is 2. The molecular weight excluding hydrogens is 402 g/mol. The maximum atomic E-state index is 13.0. The number of aromatic amines is 1. The molecule has 1 aromatic carbocycles. The Balaban J connectivity index is 1.36. The third-order valence-electron chi connectivity index (χ3n) is 6.58. The fourth-order valence-corrected chi connectivity index (χ4v) is 4.86. The van der Waals surface area contributed by atoms with Crippen LogP contribution in [0.5, 0.6) is 0 Å². The maximum absolute atomic E-state index is 13.0. The van der Waals surface area contributed by atoms with Crippen LogP contribution >= 0.6 is 0 Å². The number of pyridine rings is 1. The molecule has 2 aliphatic rings. The maximum Gasteiger partial charge on any atom is 0.272 e. The summed E-state index contributed by atoms with van der Waals surface area (Å²) in [6.45, 7) is 5.98. The molecule has 168 valence electrons. The van der Waals surface area contributed by atoms with Crippen LogP contribution in [-0.4, -0.2) is 57.8 Å². The molecule has 2 unspecified atom stereocenters. The number of nitrogens with zero attached hydrogens (tertiary/aromatic N) is 3. The van der Waals surface area contributed by atoms with Crippen molar-refractivity contribution in [2.24, 2.45) is 0 Å².